The van der Waals surface area contributed by atoms with Gasteiger partial charge in [-0.05, 0) is 43.2 Å². The largest absolute Gasteiger partial charge is 0.497 e. The van der Waals surface area contributed by atoms with Crippen LogP contribution in [0.15, 0.2) is 36.4 Å². The Morgan fingerprint density at radius 2 is 1.73 bits per heavy atom. The summed E-state index contributed by atoms with van der Waals surface area (Å²) in [6.45, 7) is 3.57. The minimum atomic E-state index is -1.62. The van der Waals surface area contributed by atoms with E-state index >= 15 is 0 Å². The van der Waals surface area contributed by atoms with E-state index in [4.69, 9.17) is 4.74 Å². The Morgan fingerprint density at radius 1 is 1.08 bits per heavy atom. The highest BCUT2D eigenvalue weighted by Gasteiger charge is 2.21. The molecule has 0 spiro atoms. The van der Waals surface area contributed by atoms with E-state index in [1.165, 1.54) is 0 Å². The van der Waals surface area contributed by atoms with Crippen LogP contribution in [-0.4, -0.2) is 19.1 Å². The van der Waals surface area contributed by atoms with Gasteiger partial charge in [0.25, 0.3) is 0 Å². The van der Waals surface area contributed by atoms with Crippen molar-refractivity contribution in [2.24, 2.45) is 0 Å². The predicted molar refractivity (Wildman–Crippen MR) is 93.6 cm³/mol. The van der Waals surface area contributed by atoms with Crippen LogP contribution in [0.3, 0.4) is 0 Å². The molecule has 0 unspecified atom stereocenters. The number of ether oxygens (including phenoxy) is 1. The number of carbonyl (C=O) groups is 1. The standard InChI is InChI=1S/C19H21F3N2O2/c1-4-15(12-5-7-13(26-3)8-6-12)23-11(2)19(25)24-16-10-9-14(20)17(21)18(16)22/h5-11,15,23H,4H2,1-3H3,(H,24,25)/t11-,15+/m0/s1. The fraction of sp³-hybridized carbons (Fsp3) is 0.316. The monoisotopic (exact) mass is 366 g/mol. The van der Waals surface area contributed by atoms with Gasteiger partial charge >= 0.3 is 0 Å². The maximum atomic E-state index is 13.7. The van der Waals surface area contributed by atoms with Crippen molar-refractivity contribution in [1.82, 2.24) is 5.32 Å². The van der Waals surface area contributed by atoms with E-state index in [1.807, 2.05) is 31.2 Å². The average Bonchev–Trinajstić information content (AvgIpc) is 2.66. The molecule has 2 aromatic rings. The quantitative estimate of drug-likeness (QED) is 0.723. The molecule has 0 bridgehead atoms. The number of benzene rings is 2. The SMILES string of the molecule is CC[C@@H](N[C@@H](C)C(=O)Nc1ccc(F)c(F)c1F)c1ccc(OC)cc1. The molecule has 0 aliphatic rings. The van der Waals surface area contributed by atoms with Gasteiger partial charge in [-0.25, -0.2) is 13.2 Å². The van der Waals surface area contributed by atoms with Crippen molar-refractivity contribution in [3.63, 3.8) is 0 Å². The third kappa shape index (κ3) is 4.54. The lowest BCUT2D eigenvalue weighted by Crippen LogP contribution is -2.40. The van der Waals surface area contributed by atoms with Gasteiger partial charge in [0.2, 0.25) is 5.91 Å². The average molecular weight is 366 g/mol. The number of nitrogens with one attached hydrogen (secondary N) is 2. The molecule has 4 nitrogen and oxygen atoms in total. The van der Waals surface area contributed by atoms with Crippen LogP contribution >= 0.6 is 0 Å². The number of halogens is 3. The predicted octanol–water partition coefficient (Wildman–Crippen LogP) is 4.18. The molecular formula is C19H21F3N2O2. The molecule has 2 rings (SSSR count). The van der Waals surface area contributed by atoms with E-state index in [-0.39, 0.29) is 6.04 Å². The molecule has 2 N–H and O–H groups in total. The second-order valence-electron chi connectivity index (χ2n) is 5.83. The van der Waals surface area contributed by atoms with E-state index in [0.717, 1.165) is 23.4 Å². The molecule has 2 atom stereocenters. The first-order chi connectivity index (χ1) is 12.4. The maximum Gasteiger partial charge on any atom is 0.241 e. The zero-order valence-electron chi connectivity index (χ0n) is 14.8. The van der Waals surface area contributed by atoms with Crippen molar-refractivity contribution in [2.75, 3.05) is 12.4 Å². The zero-order chi connectivity index (χ0) is 19.3. The minimum Gasteiger partial charge on any atom is -0.497 e. The van der Waals surface area contributed by atoms with Gasteiger partial charge in [-0.2, -0.15) is 0 Å². The van der Waals surface area contributed by atoms with E-state index in [1.54, 1.807) is 14.0 Å². The van der Waals surface area contributed by atoms with Crippen molar-refractivity contribution in [3.05, 3.63) is 59.4 Å². The molecule has 1 amide bonds. The number of hydrogen-bond acceptors (Lipinski definition) is 3. The number of anilines is 1. The first-order valence-corrected chi connectivity index (χ1v) is 8.21. The second-order valence-corrected chi connectivity index (χ2v) is 5.83. The summed E-state index contributed by atoms with van der Waals surface area (Å²) in [4.78, 5) is 12.3. The van der Waals surface area contributed by atoms with Crippen molar-refractivity contribution in [1.29, 1.82) is 0 Å². The molecule has 0 aliphatic heterocycles. The molecule has 0 aliphatic carbocycles. The second kappa shape index (κ2) is 8.71. The smallest absolute Gasteiger partial charge is 0.241 e. The van der Waals surface area contributed by atoms with Crippen LogP contribution in [0.25, 0.3) is 0 Å². The van der Waals surface area contributed by atoms with E-state index in [0.29, 0.717) is 6.42 Å². The van der Waals surface area contributed by atoms with Crippen LogP contribution < -0.4 is 15.4 Å². The summed E-state index contributed by atoms with van der Waals surface area (Å²) in [5.41, 5.74) is 0.562. The lowest BCUT2D eigenvalue weighted by Gasteiger charge is -2.22. The van der Waals surface area contributed by atoms with Crippen LogP contribution in [0, 0.1) is 17.5 Å². The highest BCUT2D eigenvalue weighted by molar-refractivity contribution is 5.94. The number of carbonyl (C=O) groups excluding carboxylic acids is 1. The lowest BCUT2D eigenvalue weighted by atomic mass is 10.0. The summed E-state index contributed by atoms with van der Waals surface area (Å²) in [5, 5.41) is 5.42. The molecule has 7 heteroatoms. The minimum absolute atomic E-state index is 0.114. The Bertz CT molecular complexity index is 766. The van der Waals surface area contributed by atoms with Gasteiger partial charge in [-0.1, -0.05) is 19.1 Å². The van der Waals surface area contributed by atoms with Crippen LogP contribution in [0.5, 0.6) is 5.75 Å². The number of hydrogen-bond donors (Lipinski definition) is 2. The summed E-state index contributed by atoms with van der Waals surface area (Å²) in [5.74, 6) is -4.18. The van der Waals surface area contributed by atoms with Gasteiger partial charge in [0.15, 0.2) is 17.5 Å². The summed E-state index contributed by atoms with van der Waals surface area (Å²) in [6.07, 6.45) is 0.712. The van der Waals surface area contributed by atoms with E-state index < -0.39 is 35.1 Å². The molecule has 2 aromatic carbocycles. The molecule has 140 valence electrons. The van der Waals surface area contributed by atoms with E-state index in [9.17, 15) is 18.0 Å². The summed E-state index contributed by atoms with van der Waals surface area (Å²) in [7, 11) is 1.58. The molecule has 0 saturated heterocycles. The summed E-state index contributed by atoms with van der Waals surface area (Å²) in [6, 6.07) is 8.37. The Hall–Kier alpha value is -2.54. The fourth-order valence-electron chi connectivity index (χ4n) is 2.53. The Morgan fingerprint density at radius 3 is 2.31 bits per heavy atom. The Labute approximate surface area is 150 Å². The fourth-order valence-corrected chi connectivity index (χ4v) is 2.53. The number of rotatable bonds is 7. The normalized spacial score (nSPS) is 13.2. The third-order valence-corrected chi connectivity index (χ3v) is 4.06. The molecular weight excluding hydrogens is 345 g/mol. The van der Waals surface area contributed by atoms with Gasteiger partial charge < -0.3 is 10.1 Å². The summed E-state index contributed by atoms with van der Waals surface area (Å²) < 4.78 is 45.0. The first kappa shape index (κ1) is 19.8. The molecule has 0 aromatic heterocycles. The van der Waals surface area contributed by atoms with Crippen LogP contribution in [0.1, 0.15) is 31.9 Å². The number of amides is 1. The lowest BCUT2D eigenvalue weighted by molar-refractivity contribution is -0.118. The molecule has 0 radical (unpaired) electrons. The Kier molecular flexibility index (Phi) is 6.63. The molecule has 26 heavy (non-hydrogen) atoms. The Balaban J connectivity index is 2.06. The van der Waals surface area contributed by atoms with Crippen LogP contribution in [0.4, 0.5) is 18.9 Å². The molecule has 0 saturated carbocycles. The van der Waals surface area contributed by atoms with E-state index in [2.05, 4.69) is 10.6 Å². The van der Waals surface area contributed by atoms with Crippen molar-refractivity contribution >= 4 is 11.6 Å². The number of methoxy groups -OCH3 is 1. The third-order valence-electron chi connectivity index (χ3n) is 4.06. The van der Waals surface area contributed by atoms with Crippen molar-refractivity contribution < 1.29 is 22.7 Å². The van der Waals surface area contributed by atoms with Crippen molar-refractivity contribution in [2.45, 2.75) is 32.4 Å². The molecule has 0 heterocycles. The van der Waals surface area contributed by atoms with Crippen LogP contribution in [0.2, 0.25) is 0 Å². The molecule has 0 fully saturated rings. The van der Waals surface area contributed by atoms with Crippen LogP contribution in [-0.2, 0) is 4.79 Å². The zero-order valence-corrected chi connectivity index (χ0v) is 14.8. The van der Waals surface area contributed by atoms with Crippen molar-refractivity contribution in [3.8, 4) is 5.75 Å². The van der Waals surface area contributed by atoms with Gasteiger partial charge in [-0.15, -0.1) is 0 Å². The van der Waals surface area contributed by atoms with Gasteiger partial charge in [0.1, 0.15) is 5.75 Å². The summed E-state index contributed by atoms with van der Waals surface area (Å²) >= 11 is 0. The first-order valence-electron chi connectivity index (χ1n) is 8.21. The van der Waals surface area contributed by atoms with Gasteiger partial charge in [-0.3, -0.25) is 10.1 Å². The topological polar surface area (TPSA) is 50.4 Å². The highest BCUT2D eigenvalue weighted by Crippen LogP contribution is 2.22. The van der Waals surface area contributed by atoms with Gasteiger partial charge in [0.05, 0.1) is 18.8 Å². The highest BCUT2D eigenvalue weighted by atomic mass is 19.2. The maximum absolute atomic E-state index is 13.7. The van der Waals surface area contributed by atoms with Gasteiger partial charge in [0, 0.05) is 6.04 Å².